The van der Waals surface area contributed by atoms with Crippen molar-refractivity contribution in [2.75, 3.05) is 5.32 Å². The number of halogens is 3. The molecule has 2 atom stereocenters. The molecule has 0 fully saturated rings. The number of fused-ring (bicyclic) bond motifs is 1. The molecular weight excluding hydrogens is 365 g/mol. The Bertz CT molecular complexity index is 916. The predicted molar refractivity (Wildman–Crippen MR) is 86.9 cm³/mol. The normalized spacial score (nSPS) is 19.4. The molecular formula is C17H15F3N4O3. The number of carbonyl (C=O) groups is 1. The average Bonchev–Trinajstić information content (AvgIpc) is 3.38. The molecule has 4 heterocycles. The molecule has 0 radical (unpaired) electrons. The Hall–Kier alpha value is -3.17. The van der Waals surface area contributed by atoms with Crippen LogP contribution >= 0.6 is 0 Å². The second-order valence-corrected chi connectivity index (χ2v) is 6.13. The van der Waals surface area contributed by atoms with Gasteiger partial charge >= 0.3 is 6.18 Å². The van der Waals surface area contributed by atoms with E-state index in [1.807, 2.05) is 0 Å². The van der Waals surface area contributed by atoms with Crippen molar-refractivity contribution in [2.24, 2.45) is 0 Å². The number of rotatable bonds is 4. The highest BCUT2D eigenvalue weighted by atomic mass is 19.4. The monoisotopic (exact) mass is 380 g/mol. The van der Waals surface area contributed by atoms with Crippen LogP contribution in [-0.4, -0.2) is 21.9 Å². The van der Waals surface area contributed by atoms with Crippen molar-refractivity contribution in [1.29, 1.82) is 0 Å². The van der Waals surface area contributed by atoms with Gasteiger partial charge in [0.25, 0.3) is 5.91 Å². The number of nitrogens with one attached hydrogen (secondary N) is 2. The van der Waals surface area contributed by atoms with Gasteiger partial charge in [0.1, 0.15) is 17.3 Å². The number of aromatic nitrogens is 2. The molecule has 142 valence electrons. The van der Waals surface area contributed by atoms with Crippen LogP contribution in [0.2, 0.25) is 0 Å². The molecule has 0 aliphatic carbocycles. The third-order valence-electron chi connectivity index (χ3n) is 4.31. The summed E-state index contributed by atoms with van der Waals surface area (Å²) in [4.78, 5) is 12.3. The number of carbonyl (C=O) groups excluding carboxylic acids is 1. The lowest BCUT2D eigenvalue weighted by Gasteiger charge is -2.32. The second kappa shape index (κ2) is 6.53. The zero-order chi connectivity index (χ0) is 19.0. The fraction of sp³-hybridized carbons (Fsp3) is 0.294. The molecule has 7 nitrogen and oxygen atoms in total. The van der Waals surface area contributed by atoms with E-state index in [0.717, 1.165) is 4.68 Å². The quantitative estimate of drug-likeness (QED) is 0.722. The van der Waals surface area contributed by atoms with Gasteiger partial charge in [0.2, 0.25) is 0 Å². The largest absolute Gasteiger partial charge is 0.467 e. The van der Waals surface area contributed by atoms with Crippen molar-refractivity contribution in [3.63, 3.8) is 0 Å². The highest BCUT2D eigenvalue weighted by Gasteiger charge is 2.47. The Labute approximate surface area is 151 Å². The predicted octanol–water partition coefficient (Wildman–Crippen LogP) is 3.66. The number of hydrogen-bond acceptors (Lipinski definition) is 5. The first-order chi connectivity index (χ1) is 12.9. The van der Waals surface area contributed by atoms with Crippen molar-refractivity contribution >= 4 is 11.7 Å². The number of anilines is 1. The molecule has 1 amide bonds. The molecule has 3 aromatic heterocycles. The summed E-state index contributed by atoms with van der Waals surface area (Å²) in [6.07, 6.45) is -1.95. The van der Waals surface area contributed by atoms with E-state index in [1.165, 1.54) is 18.6 Å². The van der Waals surface area contributed by atoms with Crippen LogP contribution in [0, 0.1) is 0 Å². The molecule has 2 N–H and O–H groups in total. The molecule has 10 heteroatoms. The number of furan rings is 2. The van der Waals surface area contributed by atoms with Crippen LogP contribution in [0.25, 0.3) is 0 Å². The summed E-state index contributed by atoms with van der Waals surface area (Å²) in [7, 11) is 0. The van der Waals surface area contributed by atoms with E-state index in [4.69, 9.17) is 8.83 Å². The Morgan fingerprint density at radius 3 is 2.74 bits per heavy atom. The maximum absolute atomic E-state index is 13.5. The van der Waals surface area contributed by atoms with Crippen molar-refractivity contribution < 1.29 is 26.8 Å². The van der Waals surface area contributed by atoms with E-state index in [-0.39, 0.29) is 24.5 Å². The van der Waals surface area contributed by atoms with Crippen molar-refractivity contribution in [2.45, 2.75) is 31.2 Å². The van der Waals surface area contributed by atoms with Crippen LogP contribution in [0.1, 0.15) is 40.5 Å². The van der Waals surface area contributed by atoms with Gasteiger partial charge in [-0.15, -0.1) is 0 Å². The smallest absolute Gasteiger partial charge is 0.410 e. The fourth-order valence-corrected chi connectivity index (χ4v) is 3.03. The molecule has 1 aliphatic heterocycles. The van der Waals surface area contributed by atoms with Crippen LogP contribution in [0.3, 0.4) is 0 Å². The van der Waals surface area contributed by atoms with Crippen LogP contribution in [0.4, 0.5) is 19.0 Å². The number of nitrogens with zero attached hydrogens (tertiary/aromatic N) is 2. The molecule has 3 aromatic rings. The Kier molecular flexibility index (Phi) is 4.17. The van der Waals surface area contributed by atoms with Gasteiger partial charge in [-0.05, 0) is 24.3 Å². The third kappa shape index (κ3) is 3.42. The van der Waals surface area contributed by atoms with E-state index in [0.29, 0.717) is 11.5 Å². The summed E-state index contributed by atoms with van der Waals surface area (Å²) >= 11 is 0. The minimum absolute atomic E-state index is 0.105. The van der Waals surface area contributed by atoms with E-state index >= 15 is 0 Å². The Balaban J connectivity index is 1.58. The van der Waals surface area contributed by atoms with E-state index in [2.05, 4.69) is 15.7 Å². The van der Waals surface area contributed by atoms with Crippen LogP contribution in [0.15, 0.2) is 51.7 Å². The van der Waals surface area contributed by atoms with E-state index < -0.39 is 24.2 Å². The molecule has 1 aliphatic rings. The first kappa shape index (κ1) is 17.3. The minimum atomic E-state index is -4.52. The Morgan fingerprint density at radius 1 is 1.30 bits per heavy atom. The van der Waals surface area contributed by atoms with Gasteiger partial charge in [0.05, 0.1) is 25.1 Å². The molecule has 0 saturated heterocycles. The first-order valence-corrected chi connectivity index (χ1v) is 8.18. The average molecular weight is 380 g/mol. The Morgan fingerprint density at radius 2 is 2.07 bits per heavy atom. The lowest BCUT2D eigenvalue weighted by molar-refractivity contribution is -0.174. The molecule has 0 bridgehead atoms. The molecule has 0 saturated carbocycles. The summed E-state index contributed by atoms with van der Waals surface area (Å²) in [6, 6.07) is 5.32. The zero-order valence-electron chi connectivity index (χ0n) is 13.9. The summed E-state index contributed by atoms with van der Waals surface area (Å²) in [5.41, 5.74) is -0.113. The highest BCUT2D eigenvalue weighted by molar-refractivity contribution is 5.93. The van der Waals surface area contributed by atoms with Gasteiger partial charge in [-0.3, -0.25) is 4.79 Å². The maximum atomic E-state index is 13.5. The third-order valence-corrected chi connectivity index (χ3v) is 4.31. The summed E-state index contributed by atoms with van der Waals surface area (Å²) in [5, 5.41) is 9.40. The van der Waals surface area contributed by atoms with E-state index in [1.54, 1.807) is 24.3 Å². The van der Waals surface area contributed by atoms with Crippen molar-refractivity contribution in [3.8, 4) is 0 Å². The molecule has 27 heavy (non-hydrogen) atoms. The van der Waals surface area contributed by atoms with Gasteiger partial charge in [-0.1, -0.05) is 0 Å². The van der Waals surface area contributed by atoms with Gasteiger partial charge in [-0.2, -0.15) is 18.3 Å². The first-order valence-electron chi connectivity index (χ1n) is 8.18. The summed E-state index contributed by atoms with van der Waals surface area (Å²) in [5.74, 6) is 0.427. The SMILES string of the molecule is O=C(NCc1ccco1)c1cc2n(n1)[C@@H](C(F)(F)F)C[C@@H](c1ccco1)N2. The number of amides is 1. The summed E-state index contributed by atoms with van der Waals surface area (Å²) < 4.78 is 51.8. The van der Waals surface area contributed by atoms with Gasteiger partial charge in [0.15, 0.2) is 11.7 Å². The standard InChI is InChI=1S/C17H15F3N4O3/c18-17(19,20)14-7-11(13-4-2-6-27-13)22-15-8-12(23-24(14)15)16(25)21-9-10-3-1-5-26-10/h1-6,8,11,14,22H,7,9H2,(H,21,25)/t11-,14+/m0/s1. The van der Waals surface area contributed by atoms with Gasteiger partial charge < -0.3 is 19.5 Å². The maximum Gasteiger partial charge on any atom is 0.410 e. The molecule has 0 spiro atoms. The van der Waals surface area contributed by atoms with Crippen LogP contribution in [0.5, 0.6) is 0 Å². The fourth-order valence-electron chi connectivity index (χ4n) is 3.03. The zero-order valence-corrected chi connectivity index (χ0v) is 13.9. The highest BCUT2D eigenvalue weighted by Crippen LogP contribution is 2.43. The number of hydrogen-bond donors (Lipinski definition) is 2. The lowest BCUT2D eigenvalue weighted by atomic mass is 10.0. The number of alkyl halides is 3. The molecule has 4 rings (SSSR count). The van der Waals surface area contributed by atoms with Crippen LogP contribution < -0.4 is 10.6 Å². The summed E-state index contributed by atoms with van der Waals surface area (Å²) in [6.45, 7) is 0.110. The second-order valence-electron chi connectivity index (χ2n) is 6.13. The van der Waals surface area contributed by atoms with Gasteiger partial charge in [0, 0.05) is 12.5 Å². The van der Waals surface area contributed by atoms with Crippen molar-refractivity contribution in [1.82, 2.24) is 15.1 Å². The van der Waals surface area contributed by atoms with E-state index in [9.17, 15) is 18.0 Å². The van der Waals surface area contributed by atoms with Gasteiger partial charge in [-0.25, -0.2) is 4.68 Å². The van der Waals surface area contributed by atoms with Crippen LogP contribution in [-0.2, 0) is 6.54 Å². The molecule has 0 unspecified atom stereocenters. The molecule has 0 aromatic carbocycles. The lowest BCUT2D eigenvalue weighted by Crippen LogP contribution is -2.35. The topological polar surface area (TPSA) is 85.2 Å². The van der Waals surface area contributed by atoms with Crippen molar-refractivity contribution in [3.05, 3.63) is 60.1 Å². The minimum Gasteiger partial charge on any atom is -0.467 e.